The zero-order valence-corrected chi connectivity index (χ0v) is 7.90. The lowest BCUT2D eigenvalue weighted by atomic mass is 10.1. The van der Waals surface area contributed by atoms with E-state index in [-0.39, 0.29) is 6.61 Å². The van der Waals surface area contributed by atoms with Crippen LogP contribution in [0.4, 0.5) is 5.69 Å². The number of nitrogens with zero attached hydrogens (tertiary/aromatic N) is 2. The highest BCUT2D eigenvalue weighted by atomic mass is 16.3. The second-order valence-corrected chi connectivity index (χ2v) is 3.46. The van der Waals surface area contributed by atoms with Crippen LogP contribution in [0, 0.1) is 11.3 Å². The molecule has 0 aromatic heterocycles. The van der Waals surface area contributed by atoms with Gasteiger partial charge in [-0.1, -0.05) is 6.07 Å². The van der Waals surface area contributed by atoms with E-state index in [1.165, 1.54) is 6.42 Å². The van der Waals surface area contributed by atoms with Crippen molar-refractivity contribution in [1.29, 1.82) is 5.26 Å². The molecule has 0 bridgehead atoms. The normalized spacial score (nSPS) is 14.7. The van der Waals surface area contributed by atoms with Crippen LogP contribution in [0.1, 0.15) is 17.5 Å². The Balaban J connectivity index is 2.35. The molecule has 0 unspecified atom stereocenters. The number of nitriles is 1. The molecule has 72 valence electrons. The minimum Gasteiger partial charge on any atom is -0.392 e. The molecule has 1 heterocycles. The summed E-state index contributed by atoms with van der Waals surface area (Å²) in [5, 5.41) is 17.9. The summed E-state index contributed by atoms with van der Waals surface area (Å²) >= 11 is 0. The fourth-order valence-electron chi connectivity index (χ4n) is 1.60. The summed E-state index contributed by atoms with van der Waals surface area (Å²) < 4.78 is 0. The first-order valence-electron chi connectivity index (χ1n) is 4.74. The Kier molecular flexibility index (Phi) is 2.38. The summed E-state index contributed by atoms with van der Waals surface area (Å²) in [7, 11) is 0. The Hall–Kier alpha value is -1.53. The van der Waals surface area contributed by atoms with Crippen LogP contribution in [0.5, 0.6) is 0 Å². The van der Waals surface area contributed by atoms with E-state index in [0.717, 1.165) is 24.3 Å². The van der Waals surface area contributed by atoms with E-state index in [4.69, 9.17) is 10.4 Å². The summed E-state index contributed by atoms with van der Waals surface area (Å²) in [4.78, 5) is 2.18. The van der Waals surface area contributed by atoms with E-state index in [0.29, 0.717) is 5.56 Å². The summed E-state index contributed by atoms with van der Waals surface area (Å²) in [6.45, 7) is 2.06. The van der Waals surface area contributed by atoms with Crippen LogP contribution in [0.25, 0.3) is 0 Å². The molecule has 0 spiro atoms. The number of aliphatic hydroxyl groups is 1. The number of hydrogen-bond acceptors (Lipinski definition) is 3. The highest BCUT2D eigenvalue weighted by molar-refractivity contribution is 5.61. The third-order valence-corrected chi connectivity index (χ3v) is 2.56. The lowest BCUT2D eigenvalue weighted by molar-refractivity contribution is 0.282. The van der Waals surface area contributed by atoms with E-state index in [1.54, 1.807) is 6.07 Å². The SMILES string of the molecule is N#Cc1cc(CO)ccc1N1CCC1. The number of benzene rings is 1. The Labute approximate surface area is 83.2 Å². The van der Waals surface area contributed by atoms with Crippen molar-refractivity contribution >= 4 is 5.69 Å². The van der Waals surface area contributed by atoms with Gasteiger partial charge in [-0.25, -0.2) is 0 Å². The highest BCUT2D eigenvalue weighted by Gasteiger charge is 2.17. The Morgan fingerprint density at radius 2 is 2.21 bits per heavy atom. The summed E-state index contributed by atoms with van der Waals surface area (Å²) in [5.41, 5.74) is 2.46. The number of rotatable bonds is 2. The molecule has 14 heavy (non-hydrogen) atoms. The third kappa shape index (κ3) is 1.45. The molecule has 3 heteroatoms. The monoisotopic (exact) mass is 188 g/mol. The van der Waals surface area contributed by atoms with Crippen molar-refractivity contribution in [2.45, 2.75) is 13.0 Å². The van der Waals surface area contributed by atoms with Gasteiger partial charge in [-0.05, 0) is 24.1 Å². The maximum atomic E-state index is 8.95. The Morgan fingerprint density at radius 1 is 1.43 bits per heavy atom. The molecule has 1 saturated heterocycles. The van der Waals surface area contributed by atoms with Crippen LogP contribution in [0.3, 0.4) is 0 Å². The van der Waals surface area contributed by atoms with Crippen molar-refractivity contribution in [3.05, 3.63) is 29.3 Å². The zero-order valence-electron chi connectivity index (χ0n) is 7.90. The lowest BCUT2D eigenvalue weighted by Crippen LogP contribution is -2.37. The molecule has 0 radical (unpaired) electrons. The average molecular weight is 188 g/mol. The van der Waals surface area contributed by atoms with Gasteiger partial charge in [0.1, 0.15) is 6.07 Å². The minimum absolute atomic E-state index is 0.00500. The molecule has 1 N–H and O–H groups in total. The summed E-state index contributed by atoms with van der Waals surface area (Å²) in [6.07, 6.45) is 1.20. The summed E-state index contributed by atoms with van der Waals surface area (Å²) in [5.74, 6) is 0. The predicted molar refractivity (Wildman–Crippen MR) is 53.9 cm³/mol. The molecule has 1 aromatic rings. The molecule has 0 aliphatic carbocycles. The van der Waals surface area contributed by atoms with E-state index >= 15 is 0 Å². The van der Waals surface area contributed by atoms with Gasteiger partial charge in [-0.3, -0.25) is 0 Å². The molecular weight excluding hydrogens is 176 g/mol. The molecule has 3 nitrogen and oxygen atoms in total. The molecular formula is C11H12N2O. The maximum absolute atomic E-state index is 8.95. The van der Waals surface area contributed by atoms with Crippen molar-refractivity contribution in [2.75, 3.05) is 18.0 Å². The van der Waals surface area contributed by atoms with Crippen molar-refractivity contribution in [2.24, 2.45) is 0 Å². The van der Waals surface area contributed by atoms with Gasteiger partial charge in [0, 0.05) is 13.1 Å². The van der Waals surface area contributed by atoms with Crippen LogP contribution in [-0.2, 0) is 6.61 Å². The first kappa shape index (κ1) is 9.04. The number of anilines is 1. The van der Waals surface area contributed by atoms with Gasteiger partial charge < -0.3 is 10.0 Å². The van der Waals surface area contributed by atoms with E-state index in [1.807, 2.05) is 12.1 Å². The maximum Gasteiger partial charge on any atom is 0.101 e. The number of aliphatic hydroxyl groups excluding tert-OH is 1. The molecule has 1 aliphatic rings. The lowest BCUT2D eigenvalue weighted by Gasteiger charge is -2.33. The third-order valence-electron chi connectivity index (χ3n) is 2.56. The van der Waals surface area contributed by atoms with Crippen molar-refractivity contribution in [1.82, 2.24) is 0 Å². The number of hydrogen-bond donors (Lipinski definition) is 1. The van der Waals surface area contributed by atoms with E-state index < -0.39 is 0 Å². The molecule has 0 atom stereocenters. The first-order valence-corrected chi connectivity index (χ1v) is 4.74. The Morgan fingerprint density at radius 3 is 2.71 bits per heavy atom. The quantitative estimate of drug-likeness (QED) is 0.760. The van der Waals surface area contributed by atoms with Gasteiger partial charge in [0.2, 0.25) is 0 Å². The smallest absolute Gasteiger partial charge is 0.101 e. The molecule has 2 rings (SSSR count). The zero-order chi connectivity index (χ0) is 9.97. The second-order valence-electron chi connectivity index (χ2n) is 3.46. The molecule has 0 saturated carbocycles. The summed E-state index contributed by atoms with van der Waals surface area (Å²) in [6, 6.07) is 7.71. The van der Waals surface area contributed by atoms with Crippen molar-refractivity contribution < 1.29 is 5.11 Å². The van der Waals surface area contributed by atoms with Gasteiger partial charge in [0.25, 0.3) is 0 Å². The standard InChI is InChI=1S/C11H12N2O/c12-7-10-6-9(8-14)2-3-11(10)13-4-1-5-13/h2-3,6,14H,1,4-5,8H2. The van der Waals surface area contributed by atoms with Gasteiger partial charge in [-0.2, -0.15) is 5.26 Å². The average Bonchev–Trinajstić information content (AvgIpc) is 2.16. The van der Waals surface area contributed by atoms with Crippen LogP contribution in [0.2, 0.25) is 0 Å². The fraction of sp³-hybridized carbons (Fsp3) is 0.364. The topological polar surface area (TPSA) is 47.3 Å². The van der Waals surface area contributed by atoms with Gasteiger partial charge >= 0.3 is 0 Å². The van der Waals surface area contributed by atoms with E-state index in [9.17, 15) is 0 Å². The first-order chi connectivity index (χ1) is 6.85. The van der Waals surface area contributed by atoms with Crippen LogP contribution in [0.15, 0.2) is 18.2 Å². The van der Waals surface area contributed by atoms with Crippen LogP contribution < -0.4 is 4.90 Å². The van der Waals surface area contributed by atoms with Gasteiger partial charge in [-0.15, -0.1) is 0 Å². The van der Waals surface area contributed by atoms with Crippen LogP contribution >= 0.6 is 0 Å². The molecule has 1 aromatic carbocycles. The van der Waals surface area contributed by atoms with Gasteiger partial charge in [0.05, 0.1) is 17.9 Å². The largest absolute Gasteiger partial charge is 0.392 e. The molecule has 1 aliphatic heterocycles. The predicted octanol–water partition coefficient (Wildman–Crippen LogP) is 1.26. The fourth-order valence-corrected chi connectivity index (χ4v) is 1.60. The minimum atomic E-state index is -0.00500. The highest BCUT2D eigenvalue weighted by Crippen LogP contribution is 2.25. The van der Waals surface area contributed by atoms with E-state index in [2.05, 4.69) is 11.0 Å². The van der Waals surface area contributed by atoms with Crippen LogP contribution in [-0.4, -0.2) is 18.2 Å². The Bertz CT molecular complexity index is 377. The van der Waals surface area contributed by atoms with Gasteiger partial charge in [0.15, 0.2) is 0 Å². The van der Waals surface area contributed by atoms with Crippen molar-refractivity contribution in [3.8, 4) is 6.07 Å². The second kappa shape index (κ2) is 3.69. The molecule has 0 amide bonds. The molecule has 1 fully saturated rings. The van der Waals surface area contributed by atoms with Crippen molar-refractivity contribution in [3.63, 3.8) is 0 Å².